The predicted octanol–water partition coefficient (Wildman–Crippen LogP) is 1.86. The highest BCUT2D eigenvalue weighted by Gasteiger charge is 2.37. The molecule has 4 atom stereocenters. The third-order valence-corrected chi connectivity index (χ3v) is 5.98. The first kappa shape index (κ1) is 15.2. The minimum atomic E-state index is 0.0607. The molecule has 3 heterocycles. The lowest BCUT2D eigenvalue weighted by Gasteiger charge is -2.30. The molecular weight excluding hydrogens is 286 g/mol. The van der Waals surface area contributed by atoms with Gasteiger partial charge in [-0.25, -0.2) is 0 Å². The molecule has 0 spiro atoms. The van der Waals surface area contributed by atoms with Crippen molar-refractivity contribution in [3.8, 4) is 0 Å². The third-order valence-electron chi connectivity index (χ3n) is 5.98. The Morgan fingerprint density at radius 1 is 1.13 bits per heavy atom. The van der Waals surface area contributed by atoms with Gasteiger partial charge in [0, 0.05) is 43.6 Å². The van der Waals surface area contributed by atoms with Crippen LogP contribution in [0.25, 0.3) is 0 Å². The van der Waals surface area contributed by atoms with E-state index in [4.69, 9.17) is 5.73 Å². The maximum absolute atomic E-state index is 12.7. The quantitative estimate of drug-likeness (QED) is 0.895. The second-order valence-electron chi connectivity index (χ2n) is 7.66. The zero-order valence-corrected chi connectivity index (χ0v) is 13.7. The Morgan fingerprint density at radius 2 is 1.83 bits per heavy atom. The van der Waals surface area contributed by atoms with Gasteiger partial charge < -0.3 is 16.0 Å². The molecular formula is C19H27N3O. The van der Waals surface area contributed by atoms with E-state index < -0.39 is 0 Å². The van der Waals surface area contributed by atoms with E-state index in [-0.39, 0.29) is 12.0 Å². The number of rotatable bonds is 3. The van der Waals surface area contributed by atoms with Crippen molar-refractivity contribution in [3.05, 3.63) is 35.9 Å². The van der Waals surface area contributed by atoms with Gasteiger partial charge in [-0.2, -0.15) is 0 Å². The molecule has 124 valence electrons. The third kappa shape index (κ3) is 3.15. The number of amides is 1. The Hall–Kier alpha value is -1.39. The predicted molar refractivity (Wildman–Crippen MR) is 91.0 cm³/mol. The van der Waals surface area contributed by atoms with E-state index in [1.54, 1.807) is 0 Å². The SMILES string of the molecule is N[C@@H]1CN(C(=O)CC2CC3CCC(C2)N3)C[C@H]1c1ccccc1. The summed E-state index contributed by atoms with van der Waals surface area (Å²) in [5, 5.41) is 3.65. The van der Waals surface area contributed by atoms with E-state index >= 15 is 0 Å². The van der Waals surface area contributed by atoms with Gasteiger partial charge in [0.1, 0.15) is 0 Å². The highest BCUT2D eigenvalue weighted by Crippen LogP contribution is 2.34. The van der Waals surface area contributed by atoms with Crippen molar-refractivity contribution in [2.24, 2.45) is 11.7 Å². The van der Waals surface area contributed by atoms with E-state index in [0.717, 1.165) is 6.54 Å². The van der Waals surface area contributed by atoms with Crippen molar-refractivity contribution in [3.63, 3.8) is 0 Å². The van der Waals surface area contributed by atoms with Gasteiger partial charge in [-0.15, -0.1) is 0 Å². The Kier molecular flexibility index (Phi) is 4.12. The number of fused-ring (bicyclic) bond motifs is 2. The molecule has 4 nitrogen and oxygen atoms in total. The van der Waals surface area contributed by atoms with Gasteiger partial charge in [0.15, 0.2) is 0 Å². The minimum absolute atomic E-state index is 0.0607. The van der Waals surface area contributed by atoms with Crippen molar-refractivity contribution in [1.29, 1.82) is 0 Å². The van der Waals surface area contributed by atoms with Crippen molar-refractivity contribution in [2.75, 3.05) is 13.1 Å². The lowest BCUT2D eigenvalue weighted by molar-refractivity contribution is -0.131. The topological polar surface area (TPSA) is 58.4 Å². The van der Waals surface area contributed by atoms with Crippen LogP contribution in [0.5, 0.6) is 0 Å². The number of nitrogens with zero attached hydrogens (tertiary/aromatic N) is 1. The molecule has 4 heteroatoms. The fourth-order valence-electron chi connectivity index (χ4n) is 4.80. The van der Waals surface area contributed by atoms with E-state index in [1.165, 1.54) is 31.2 Å². The summed E-state index contributed by atoms with van der Waals surface area (Å²) in [5.41, 5.74) is 7.58. The molecule has 3 aliphatic rings. The van der Waals surface area contributed by atoms with Crippen molar-refractivity contribution < 1.29 is 4.79 Å². The second kappa shape index (κ2) is 6.25. The molecule has 3 N–H and O–H groups in total. The van der Waals surface area contributed by atoms with Crippen LogP contribution in [0.2, 0.25) is 0 Å². The number of hydrogen-bond donors (Lipinski definition) is 2. The van der Waals surface area contributed by atoms with Crippen LogP contribution in [0, 0.1) is 5.92 Å². The zero-order valence-electron chi connectivity index (χ0n) is 13.7. The van der Waals surface area contributed by atoms with Gasteiger partial charge in [-0.1, -0.05) is 30.3 Å². The molecule has 23 heavy (non-hydrogen) atoms. The Labute approximate surface area is 138 Å². The lowest BCUT2D eigenvalue weighted by Crippen LogP contribution is -2.40. The summed E-state index contributed by atoms with van der Waals surface area (Å²) in [4.78, 5) is 14.7. The minimum Gasteiger partial charge on any atom is -0.340 e. The van der Waals surface area contributed by atoms with Crippen molar-refractivity contribution in [2.45, 2.75) is 56.1 Å². The van der Waals surface area contributed by atoms with Crippen LogP contribution in [0.3, 0.4) is 0 Å². The van der Waals surface area contributed by atoms with Crippen LogP contribution in [-0.4, -0.2) is 42.0 Å². The summed E-state index contributed by atoms with van der Waals surface area (Å²) < 4.78 is 0. The molecule has 0 aliphatic carbocycles. The van der Waals surface area contributed by atoms with E-state index in [2.05, 4.69) is 29.6 Å². The molecule has 0 saturated carbocycles. The van der Waals surface area contributed by atoms with Gasteiger partial charge in [0.25, 0.3) is 0 Å². The maximum Gasteiger partial charge on any atom is 0.222 e. The molecule has 3 aliphatic heterocycles. The van der Waals surface area contributed by atoms with Gasteiger partial charge >= 0.3 is 0 Å². The Balaban J connectivity index is 1.36. The molecule has 2 bridgehead atoms. The average Bonchev–Trinajstić information content (AvgIpc) is 3.11. The number of benzene rings is 1. The summed E-state index contributed by atoms with van der Waals surface area (Å²) in [7, 11) is 0. The van der Waals surface area contributed by atoms with Crippen LogP contribution < -0.4 is 11.1 Å². The number of carbonyl (C=O) groups is 1. The van der Waals surface area contributed by atoms with Crippen LogP contribution >= 0.6 is 0 Å². The van der Waals surface area contributed by atoms with Crippen LogP contribution in [-0.2, 0) is 4.79 Å². The summed E-state index contributed by atoms with van der Waals surface area (Å²) >= 11 is 0. The highest BCUT2D eigenvalue weighted by molar-refractivity contribution is 5.77. The van der Waals surface area contributed by atoms with E-state index in [9.17, 15) is 4.79 Å². The largest absolute Gasteiger partial charge is 0.340 e. The molecule has 3 saturated heterocycles. The molecule has 0 aromatic heterocycles. The summed E-state index contributed by atoms with van der Waals surface area (Å²) in [6.07, 6.45) is 5.64. The number of carbonyl (C=O) groups excluding carboxylic acids is 1. The molecule has 3 fully saturated rings. The monoisotopic (exact) mass is 313 g/mol. The smallest absolute Gasteiger partial charge is 0.222 e. The fraction of sp³-hybridized carbons (Fsp3) is 0.632. The number of piperidine rings is 1. The number of nitrogens with two attached hydrogens (primary N) is 1. The molecule has 0 radical (unpaired) electrons. The molecule has 2 unspecified atom stereocenters. The molecule has 4 rings (SSSR count). The van der Waals surface area contributed by atoms with Crippen molar-refractivity contribution in [1.82, 2.24) is 10.2 Å². The standard InChI is InChI=1S/C19H27N3O/c20-18-12-22(11-17(18)14-4-2-1-3-5-14)19(23)10-13-8-15-6-7-16(9-13)21-15/h1-5,13,15-18,21H,6-12,20H2/t13?,15?,16?,17-,18+/m0/s1. The summed E-state index contributed by atoms with van der Waals surface area (Å²) in [6.45, 7) is 1.48. The van der Waals surface area contributed by atoms with Gasteiger partial charge in [-0.05, 0) is 37.2 Å². The Bertz CT molecular complexity index is 549. The molecule has 1 amide bonds. The van der Waals surface area contributed by atoms with E-state index in [1.807, 2.05) is 11.0 Å². The average molecular weight is 313 g/mol. The van der Waals surface area contributed by atoms with E-state index in [0.29, 0.717) is 36.9 Å². The van der Waals surface area contributed by atoms with Gasteiger partial charge in [0.05, 0.1) is 0 Å². The van der Waals surface area contributed by atoms with Crippen LogP contribution in [0.4, 0.5) is 0 Å². The van der Waals surface area contributed by atoms with Crippen LogP contribution in [0.15, 0.2) is 30.3 Å². The molecule has 1 aromatic rings. The van der Waals surface area contributed by atoms with Gasteiger partial charge in [0.2, 0.25) is 5.91 Å². The number of likely N-dealkylation sites (tertiary alicyclic amines) is 1. The first-order chi connectivity index (χ1) is 11.2. The Morgan fingerprint density at radius 3 is 2.52 bits per heavy atom. The normalized spacial score (nSPS) is 36.4. The number of hydrogen-bond acceptors (Lipinski definition) is 3. The first-order valence-corrected chi connectivity index (χ1v) is 9.03. The summed E-state index contributed by atoms with van der Waals surface area (Å²) in [5.74, 6) is 1.16. The first-order valence-electron chi connectivity index (χ1n) is 9.03. The molecule has 1 aromatic carbocycles. The zero-order chi connectivity index (χ0) is 15.8. The fourth-order valence-corrected chi connectivity index (χ4v) is 4.80. The maximum atomic E-state index is 12.7. The van der Waals surface area contributed by atoms with Gasteiger partial charge in [-0.3, -0.25) is 4.79 Å². The lowest BCUT2D eigenvalue weighted by atomic mass is 9.89. The van der Waals surface area contributed by atoms with Crippen molar-refractivity contribution >= 4 is 5.91 Å². The van der Waals surface area contributed by atoms with Crippen LogP contribution in [0.1, 0.15) is 43.6 Å². The highest BCUT2D eigenvalue weighted by atomic mass is 16.2. The number of nitrogens with one attached hydrogen (secondary N) is 1. The second-order valence-corrected chi connectivity index (χ2v) is 7.66. The summed E-state index contributed by atoms with van der Waals surface area (Å²) in [6, 6.07) is 11.8.